The number of amides is 2. The molecule has 6 heteroatoms. The predicted octanol–water partition coefficient (Wildman–Crippen LogP) is 2.82. The Balaban J connectivity index is 2.11. The van der Waals surface area contributed by atoms with Crippen molar-refractivity contribution < 1.29 is 19.4 Å². The Kier molecular flexibility index (Phi) is 4.40. The zero-order chi connectivity index (χ0) is 15.2. The van der Waals surface area contributed by atoms with Crippen LogP contribution >= 0.6 is 0 Å². The van der Waals surface area contributed by atoms with E-state index in [1.165, 1.54) is 25.3 Å². The van der Waals surface area contributed by atoms with Crippen LogP contribution in [0.15, 0.2) is 48.5 Å². The van der Waals surface area contributed by atoms with Crippen LogP contribution < -0.4 is 10.6 Å². The van der Waals surface area contributed by atoms with Crippen molar-refractivity contribution in [2.75, 3.05) is 17.7 Å². The molecule has 6 nitrogen and oxygen atoms in total. The Bertz CT molecular complexity index is 656. The van der Waals surface area contributed by atoms with Gasteiger partial charge in [-0.1, -0.05) is 18.2 Å². The molecule has 0 saturated carbocycles. The summed E-state index contributed by atoms with van der Waals surface area (Å²) in [6.07, 6.45) is 0. The molecule has 21 heavy (non-hydrogen) atoms. The van der Waals surface area contributed by atoms with Gasteiger partial charge >= 0.3 is 12.0 Å². The van der Waals surface area contributed by atoms with Gasteiger partial charge in [-0.25, -0.2) is 9.59 Å². The zero-order valence-corrected chi connectivity index (χ0v) is 11.3. The topological polar surface area (TPSA) is 87.7 Å². The SMILES string of the molecule is COC(=O)c1ccc(O)c(NC(=O)Nc2ccccc2)c1. The first-order valence-corrected chi connectivity index (χ1v) is 6.14. The highest BCUT2D eigenvalue weighted by molar-refractivity contribution is 6.01. The van der Waals surface area contributed by atoms with Crippen LogP contribution in [0.2, 0.25) is 0 Å². The number of hydrogen-bond acceptors (Lipinski definition) is 4. The summed E-state index contributed by atoms with van der Waals surface area (Å²) in [6, 6.07) is 12.4. The lowest BCUT2D eigenvalue weighted by molar-refractivity contribution is 0.0600. The fourth-order valence-corrected chi connectivity index (χ4v) is 1.69. The van der Waals surface area contributed by atoms with E-state index in [9.17, 15) is 14.7 Å². The molecular weight excluding hydrogens is 272 g/mol. The molecule has 0 radical (unpaired) electrons. The third-order valence-electron chi connectivity index (χ3n) is 2.70. The van der Waals surface area contributed by atoms with Gasteiger partial charge in [0.15, 0.2) is 0 Å². The fraction of sp³-hybridized carbons (Fsp3) is 0.0667. The smallest absolute Gasteiger partial charge is 0.337 e. The number of phenolic OH excluding ortho intramolecular Hbond substituents is 1. The Morgan fingerprint density at radius 3 is 2.43 bits per heavy atom. The highest BCUT2D eigenvalue weighted by Crippen LogP contribution is 2.24. The largest absolute Gasteiger partial charge is 0.506 e. The second kappa shape index (κ2) is 6.42. The minimum atomic E-state index is -0.554. The van der Waals surface area contributed by atoms with E-state index in [1.54, 1.807) is 24.3 Å². The van der Waals surface area contributed by atoms with E-state index in [0.717, 1.165) is 0 Å². The van der Waals surface area contributed by atoms with Gasteiger partial charge in [-0.2, -0.15) is 0 Å². The molecule has 108 valence electrons. The zero-order valence-electron chi connectivity index (χ0n) is 11.3. The molecule has 0 heterocycles. The predicted molar refractivity (Wildman–Crippen MR) is 78.5 cm³/mol. The highest BCUT2D eigenvalue weighted by atomic mass is 16.5. The molecule has 0 unspecified atom stereocenters. The molecule has 0 spiro atoms. The van der Waals surface area contributed by atoms with Gasteiger partial charge in [0.2, 0.25) is 0 Å². The number of esters is 1. The third-order valence-corrected chi connectivity index (χ3v) is 2.70. The van der Waals surface area contributed by atoms with Crippen molar-refractivity contribution in [1.29, 1.82) is 0 Å². The molecule has 0 aromatic heterocycles. The van der Waals surface area contributed by atoms with Crippen LogP contribution in [0.3, 0.4) is 0 Å². The number of anilines is 2. The monoisotopic (exact) mass is 286 g/mol. The van der Waals surface area contributed by atoms with Gasteiger partial charge in [0.1, 0.15) is 5.75 Å². The number of urea groups is 1. The average molecular weight is 286 g/mol. The van der Waals surface area contributed by atoms with Gasteiger partial charge in [-0.05, 0) is 30.3 Å². The number of phenols is 1. The van der Waals surface area contributed by atoms with Crippen molar-refractivity contribution in [2.45, 2.75) is 0 Å². The summed E-state index contributed by atoms with van der Waals surface area (Å²) in [4.78, 5) is 23.3. The summed E-state index contributed by atoms with van der Waals surface area (Å²) in [5.41, 5.74) is 0.954. The molecule has 0 aliphatic carbocycles. The van der Waals surface area contributed by atoms with Crippen LogP contribution in [0.4, 0.5) is 16.2 Å². The summed E-state index contributed by atoms with van der Waals surface area (Å²) in [7, 11) is 1.25. The van der Waals surface area contributed by atoms with E-state index in [1.807, 2.05) is 6.07 Å². The Labute approximate surface area is 121 Å². The molecule has 0 saturated heterocycles. The molecule has 0 aliphatic rings. The number of rotatable bonds is 3. The lowest BCUT2D eigenvalue weighted by Crippen LogP contribution is -2.19. The quantitative estimate of drug-likeness (QED) is 0.598. The standard InChI is InChI=1S/C15H14N2O4/c1-21-14(19)10-7-8-13(18)12(9-10)17-15(20)16-11-5-3-2-4-6-11/h2-9,18H,1H3,(H2,16,17,20). The van der Waals surface area contributed by atoms with E-state index >= 15 is 0 Å². The van der Waals surface area contributed by atoms with Gasteiger partial charge in [-0.15, -0.1) is 0 Å². The molecule has 0 bridgehead atoms. The van der Waals surface area contributed by atoms with Crippen molar-refractivity contribution in [3.05, 3.63) is 54.1 Å². The van der Waals surface area contributed by atoms with Crippen molar-refractivity contribution in [2.24, 2.45) is 0 Å². The maximum Gasteiger partial charge on any atom is 0.337 e. The maximum absolute atomic E-state index is 11.8. The van der Waals surface area contributed by atoms with Crippen LogP contribution in [-0.4, -0.2) is 24.2 Å². The summed E-state index contributed by atoms with van der Waals surface area (Å²) in [5.74, 6) is -0.701. The molecule has 2 aromatic carbocycles. The number of para-hydroxylation sites is 1. The summed E-state index contributed by atoms with van der Waals surface area (Å²) in [6.45, 7) is 0. The first kappa shape index (κ1) is 14.4. The normalized spacial score (nSPS) is 9.76. The summed E-state index contributed by atoms with van der Waals surface area (Å²) < 4.78 is 4.58. The Hall–Kier alpha value is -3.02. The second-order valence-electron chi connectivity index (χ2n) is 4.17. The fourth-order valence-electron chi connectivity index (χ4n) is 1.69. The number of aromatic hydroxyl groups is 1. The minimum Gasteiger partial charge on any atom is -0.506 e. The van der Waals surface area contributed by atoms with E-state index in [-0.39, 0.29) is 17.0 Å². The molecule has 2 aromatic rings. The van der Waals surface area contributed by atoms with Gasteiger partial charge in [-0.3, -0.25) is 0 Å². The number of benzene rings is 2. The van der Waals surface area contributed by atoms with Crippen LogP contribution in [0.1, 0.15) is 10.4 Å². The molecule has 0 atom stereocenters. The maximum atomic E-state index is 11.8. The minimum absolute atomic E-state index is 0.117. The Morgan fingerprint density at radius 2 is 1.76 bits per heavy atom. The number of ether oxygens (including phenoxy) is 1. The molecule has 0 fully saturated rings. The molecule has 2 rings (SSSR count). The molecule has 0 aliphatic heterocycles. The average Bonchev–Trinajstić information content (AvgIpc) is 2.49. The highest BCUT2D eigenvalue weighted by Gasteiger charge is 2.11. The van der Waals surface area contributed by atoms with Crippen LogP contribution in [-0.2, 0) is 4.74 Å². The van der Waals surface area contributed by atoms with Gasteiger partial charge in [0.05, 0.1) is 18.4 Å². The molecule has 2 amide bonds. The van der Waals surface area contributed by atoms with E-state index < -0.39 is 12.0 Å². The van der Waals surface area contributed by atoms with E-state index in [0.29, 0.717) is 5.69 Å². The van der Waals surface area contributed by atoms with Crippen molar-refractivity contribution in [3.63, 3.8) is 0 Å². The number of carbonyl (C=O) groups excluding carboxylic acids is 2. The number of methoxy groups -OCH3 is 1. The van der Waals surface area contributed by atoms with Crippen LogP contribution in [0.5, 0.6) is 5.75 Å². The molecular formula is C15H14N2O4. The lowest BCUT2D eigenvalue weighted by Gasteiger charge is -2.10. The van der Waals surface area contributed by atoms with Crippen LogP contribution in [0, 0.1) is 0 Å². The van der Waals surface area contributed by atoms with Crippen LogP contribution in [0.25, 0.3) is 0 Å². The summed E-state index contributed by atoms with van der Waals surface area (Å²) >= 11 is 0. The number of carbonyl (C=O) groups is 2. The van der Waals surface area contributed by atoms with Gasteiger partial charge in [0.25, 0.3) is 0 Å². The van der Waals surface area contributed by atoms with Gasteiger partial charge < -0.3 is 20.5 Å². The van der Waals surface area contributed by atoms with E-state index in [2.05, 4.69) is 15.4 Å². The third kappa shape index (κ3) is 3.73. The Morgan fingerprint density at radius 1 is 1.05 bits per heavy atom. The van der Waals surface area contributed by atoms with Crippen molar-refractivity contribution in [3.8, 4) is 5.75 Å². The van der Waals surface area contributed by atoms with Gasteiger partial charge in [0, 0.05) is 5.69 Å². The number of hydrogen-bond donors (Lipinski definition) is 3. The summed E-state index contributed by atoms with van der Waals surface area (Å²) in [5, 5.41) is 14.8. The number of nitrogens with one attached hydrogen (secondary N) is 2. The van der Waals surface area contributed by atoms with Crippen molar-refractivity contribution in [1.82, 2.24) is 0 Å². The first-order valence-electron chi connectivity index (χ1n) is 6.14. The second-order valence-corrected chi connectivity index (χ2v) is 4.17. The molecule has 3 N–H and O–H groups in total. The first-order chi connectivity index (χ1) is 10.1. The van der Waals surface area contributed by atoms with E-state index in [4.69, 9.17) is 0 Å². The lowest BCUT2D eigenvalue weighted by atomic mass is 10.2. The van der Waals surface area contributed by atoms with Crippen molar-refractivity contribution >= 4 is 23.4 Å².